The van der Waals surface area contributed by atoms with Gasteiger partial charge in [-0.05, 0) is 17.5 Å². The number of carbonyl (C=O) groups is 1. The quantitative estimate of drug-likeness (QED) is 0.763. The number of rotatable bonds is 2. The predicted molar refractivity (Wildman–Crippen MR) is 56.8 cm³/mol. The van der Waals surface area contributed by atoms with Crippen LogP contribution in [0, 0.1) is 0 Å². The zero-order valence-corrected chi connectivity index (χ0v) is 8.12. The van der Waals surface area contributed by atoms with Gasteiger partial charge in [0.25, 0.3) is 0 Å². The van der Waals surface area contributed by atoms with Crippen LogP contribution in [-0.4, -0.2) is 11.4 Å². The van der Waals surface area contributed by atoms with E-state index in [1.165, 1.54) is 11.3 Å². The first-order valence-electron chi connectivity index (χ1n) is 4.14. The number of para-hydroxylation sites is 1. The highest BCUT2D eigenvalue weighted by Gasteiger charge is 2.08. The van der Waals surface area contributed by atoms with Crippen LogP contribution in [0.15, 0.2) is 35.7 Å². The Bertz CT molecular complexity index is 460. The summed E-state index contributed by atoms with van der Waals surface area (Å²) in [6, 6.07) is 8.84. The van der Waals surface area contributed by atoms with Crippen molar-refractivity contribution in [2.45, 2.75) is 0 Å². The maximum atomic E-state index is 10.7. The van der Waals surface area contributed by atoms with E-state index in [4.69, 9.17) is 0 Å². The summed E-state index contributed by atoms with van der Waals surface area (Å²) in [5.74, 6) is 0.203. The molecule has 14 heavy (non-hydrogen) atoms. The summed E-state index contributed by atoms with van der Waals surface area (Å²) in [4.78, 5) is 11.3. The summed E-state index contributed by atoms with van der Waals surface area (Å²) >= 11 is 1.37. The Labute approximate surface area is 85.4 Å². The van der Waals surface area contributed by atoms with Crippen molar-refractivity contribution in [1.29, 1.82) is 0 Å². The maximum Gasteiger partial charge on any atom is 0.160 e. The fourth-order valence-electron chi connectivity index (χ4n) is 1.34. The standard InChI is InChI=1S/C11H8O2S/c12-7-11-9(5-6-14-11)8-3-1-2-4-10(8)13/h1-7,13H. The summed E-state index contributed by atoms with van der Waals surface area (Å²) in [6.45, 7) is 0. The number of thiophene rings is 1. The normalized spacial score (nSPS) is 10.0. The number of phenolic OH excluding ortho intramolecular Hbond substituents is 1. The number of hydrogen-bond donors (Lipinski definition) is 1. The Kier molecular flexibility index (Phi) is 2.33. The fraction of sp³-hybridized carbons (Fsp3) is 0. The van der Waals surface area contributed by atoms with Crippen molar-refractivity contribution in [3.8, 4) is 16.9 Å². The van der Waals surface area contributed by atoms with Gasteiger partial charge in [-0.25, -0.2) is 0 Å². The van der Waals surface area contributed by atoms with Crippen LogP contribution >= 0.6 is 11.3 Å². The molecule has 0 radical (unpaired) electrons. The summed E-state index contributed by atoms with van der Waals surface area (Å²) in [5.41, 5.74) is 1.50. The summed E-state index contributed by atoms with van der Waals surface area (Å²) in [7, 11) is 0. The van der Waals surface area contributed by atoms with E-state index >= 15 is 0 Å². The van der Waals surface area contributed by atoms with Gasteiger partial charge in [0.1, 0.15) is 5.75 Å². The zero-order chi connectivity index (χ0) is 9.97. The molecule has 0 aliphatic rings. The molecule has 0 saturated heterocycles. The lowest BCUT2D eigenvalue weighted by atomic mass is 10.1. The second kappa shape index (κ2) is 3.64. The van der Waals surface area contributed by atoms with Crippen molar-refractivity contribution in [1.82, 2.24) is 0 Å². The van der Waals surface area contributed by atoms with Crippen LogP contribution < -0.4 is 0 Å². The molecule has 1 N–H and O–H groups in total. The molecule has 0 fully saturated rings. The molecule has 1 aromatic heterocycles. The smallest absolute Gasteiger partial charge is 0.160 e. The van der Waals surface area contributed by atoms with Crippen molar-refractivity contribution in [3.05, 3.63) is 40.6 Å². The number of aromatic hydroxyl groups is 1. The first-order valence-corrected chi connectivity index (χ1v) is 5.02. The monoisotopic (exact) mass is 204 g/mol. The molecule has 1 heterocycles. The lowest BCUT2D eigenvalue weighted by Crippen LogP contribution is -1.80. The molecule has 2 aromatic rings. The zero-order valence-electron chi connectivity index (χ0n) is 7.31. The van der Waals surface area contributed by atoms with Crippen molar-refractivity contribution in [2.75, 3.05) is 0 Å². The SMILES string of the molecule is O=Cc1sccc1-c1ccccc1O. The lowest BCUT2D eigenvalue weighted by Gasteiger charge is -2.01. The summed E-state index contributed by atoms with van der Waals surface area (Å²) < 4.78 is 0. The third kappa shape index (κ3) is 1.42. The number of benzene rings is 1. The third-order valence-corrected chi connectivity index (χ3v) is 2.84. The number of phenols is 1. The van der Waals surface area contributed by atoms with E-state index in [9.17, 15) is 9.90 Å². The highest BCUT2D eigenvalue weighted by molar-refractivity contribution is 7.12. The molecule has 0 bridgehead atoms. The Morgan fingerprint density at radius 2 is 1.93 bits per heavy atom. The van der Waals surface area contributed by atoms with Gasteiger partial charge in [-0.1, -0.05) is 18.2 Å². The topological polar surface area (TPSA) is 37.3 Å². The second-order valence-corrected chi connectivity index (χ2v) is 3.78. The highest BCUT2D eigenvalue weighted by atomic mass is 32.1. The van der Waals surface area contributed by atoms with Crippen molar-refractivity contribution >= 4 is 17.6 Å². The van der Waals surface area contributed by atoms with E-state index in [1.807, 2.05) is 17.5 Å². The van der Waals surface area contributed by atoms with E-state index in [0.29, 0.717) is 10.4 Å². The molecule has 70 valence electrons. The largest absolute Gasteiger partial charge is 0.507 e. The molecular weight excluding hydrogens is 196 g/mol. The molecule has 2 nitrogen and oxygen atoms in total. The first kappa shape index (κ1) is 8.97. The van der Waals surface area contributed by atoms with E-state index < -0.39 is 0 Å². The third-order valence-electron chi connectivity index (χ3n) is 2.00. The van der Waals surface area contributed by atoms with Gasteiger partial charge >= 0.3 is 0 Å². The van der Waals surface area contributed by atoms with Gasteiger partial charge in [-0.3, -0.25) is 4.79 Å². The van der Waals surface area contributed by atoms with Gasteiger partial charge < -0.3 is 5.11 Å². The molecule has 0 spiro atoms. The Morgan fingerprint density at radius 1 is 1.14 bits per heavy atom. The molecule has 0 saturated carbocycles. The lowest BCUT2D eigenvalue weighted by molar-refractivity contribution is 0.112. The van der Waals surface area contributed by atoms with Crippen LogP contribution in [-0.2, 0) is 0 Å². The Balaban J connectivity index is 2.60. The van der Waals surface area contributed by atoms with E-state index in [2.05, 4.69) is 0 Å². The van der Waals surface area contributed by atoms with Crippen LogP contribution in [0.1, 0.15) is 9.67 Å². The van der Waals surface area contributed by atoms with Gasteiger partial charge in [-0.15, -0.1) is 11.3 Å². The predicted octanol–water partition coefficient (Wildman–Crippen LogP) is 2.93. The minimum Gasteiger partial charge on any atom is -0.507 e. The summed E-state index contributed by atoms with van der Waals surface area (Å²) in [5, 5.41) is 11.4. The fourth-order valence-corrected chi connectivity index (χ4v) is 2.05. The average molecular weight is 204 g/mol. The molecule has 0 aliphatic heterocycles. The van der Waals surface area contributed by atoms with Crippen molar-refractivity contribution in [2.24, 2.45) is 0 Å². The minimum absolute atomic E-state index is 0.203. The molecule has 0 aliphatic carbocycles. The summed E-state index contributed by atoms with van der Waals surface area (Å²) in [6.07, 6.45) is 0.812. The van der Waals surface area contributed by atoms with Crippen LogP contribution in [0.5, 0.6) is 5.75 Å². The van der Waals surface area contributed by atoms with Gasteiger partial charge in [0.2, 0.25) is 0 Å². The van der Waals surface area contributed by atoms with Crippen LogP contribution in [0.4, 0.5) is 0 Å². The van der Waals surface area contributed by atoms with Gasteiger partial charge in [0, 0.05) is 11.1 Å². The van der Waals surface area contributed by atoms with E-state index in [1.54, 1.807) is 18.2 Å². The number of hydrogen-bond acceptors (Lipinski definition) is 3. The van der Waals surface area contributed by atoms with Crippen molar-refractivity contribution in [3.63, 3.8) is 0 Å². The average Bonchev–Trinajstić information content (AvgIpc) is 2.66. The van der Waals surface area contributed by atoms with Gasteiger partial charge in [0.05, 0.1) is 4.88 Å². The van der Waals surface area contributed by atoms with E-state index in [-0.39, 0.29) is 5.75 Å². The van der Waals surface area contributed by atoms with Gasteiger partial charge in [-0.2, -0.15) is 0 Å². The molecule has 0 amide bonds. The van der Waals surface area contributed by atoms with Crippen LogP contribution in [0.25, 0.3) is 11.1 Å². The molecule has 0 atom stereocenters. The van der Waals surface area contributed by atoms with Crippen LogP contribution in [0.2, 0.25) is 0 Å². The molecular formula is C11H8O2S. The minimum atomic E-state index is 0.203. The molecule has 2 rings (SSSR count). The second-order valence-electron chi connectivity index (χ2n) is 2.83. The first-order chi connectivity index (χ1) is 6.83. The van der Waals surface area contributed by atoms with E-state index in [0.717, 1.165) is 11.8 Å². The van der Waals surface area contributed by atoms with Gasteiger partial charge in [0.15, 0.2) is 6.29 Å². The molecule has 1 aromatic carbocycles. The van der Waals surface area contributed by atoms with Crippen LogP contribution in [0.3, 0.4) is 0 Å². The highest BCUT2D eigenvalue weighted by Crippen LogP contribution is 2.33. The maximum absolute atomic E-state index is 10.7. The Morgan fingerprint density at radius 3 is 2.64 bits per heavy atom. The molecule has 3 heteroatoms. The number of aldehydes is 1. The Hall–Kier alpha value is -1.61. The molecule has 0 unspecified atom stereocenters. The number of carbonyl (C=O) groups excluding carboxylic acids is 1. The van der Waals surface area contributed by atoms with Crippen molar-refractivity contribution < 1.29 is 9.90 Å².